The fourth-order valence-corrected chi connectivity index (χ4v) is 6.22. The molecule has 9 nitrogen and oxygen atoms in total. The first kappa shape index (κ1) is 27.7. The lowest BCUT2D eigenvalue weighted by atomic mass is 9.91. The molecule has 0 aliphatic carbocycles. The summed E-state index contributed by atoms with van der Waals surface area (Å²) in [6.45, 7) is 2.84. The van der Waals surface area contributed by atoms with Gasteiger partial charge < -0.3 is 25.4 Å². The minimum atomic E-state index is -4.86. The highest BCUT2D eigenvalue weighted by Crippen LogP contribution is 2.45. The first-order valence-corrected chi connectivity index (χ1v) is 13.5. The average molecular weight is 592 g/mol. The number of benzene rings is 1. The zero-order valence-corrected chi connectivity index (χ0v) is 22.7. The Morgan fingerprint density at radius 1 is 1.24 bits per heavy atom. The molecular weight excluding hydrogens is 566 g/mol. The summed E-state index contributed by atoms with van der Waals surface area (Å²) in [5.41, 5.74) is 1.92. The lowest BCUT2D eigenvalue weighted by Crippen LogP contribution is -2.51. The summed E-state index contributed by atoms with van der Waals surface area (Å²) in [4.78, 5) is 14.7. The number of ether oxygens (including phenoxy) is 2. The van der Waals surface area contributed by atoms with Crippen LogP contribution in [0.1, 0.15) is 30.4 Å². The van der Waals surface area contributed by atoms with Gasteiger partial charge in [0, 0.05) is 37.2 Å². The van der Waals surface area contributed by atoms with E-state index in [0.717, 1.165) is 18.9 Å². The van der Waals surface area contributed by atoms with Crippen molar-refractivity contribution in [2.75, 3.05) is 43.5 Å². The van der Waals surface area contributed by atoms with Gasteiger partial charge in [-0.1, -0.05) is 11.6 Å². The van der Waals surface area contributed by atoms with Crippen LogP contribution in [0.25, 0.3) is 22.2 Å². The number of aromatic nitrogens is 3. The first-order valence-electron chi connectivity index (χ1n) is 13.2. The SMILES string of the molecule is Cc1cc(N)nc(-c2c(Cl)cc3c(N4CC5CCC(C4)N5)nc(OCC4(C#N)CCOC4)nc3c2F)c1C(F)(F)F. The van der Waals surface area contributed by atoms with Gasteiger partial charge in [-0.3, -0.25) is 0 Å². The molecule has 0 radical (unpaired) electrons. The third-order valence-electron chi connectivity index (χ3n) is 7.93. The maximum absolute atomic E-state index is 16.4. The minimum Gasteiger partial charge on any atom is -0.462 e. The largest absolute Gasteiger partial charge is 0.462 e. The lowest BCUT2D eigenvalue weighted by molar-refractivity contribution is -0.137. The van der Waals surface area contributed by atoms with Crippen molar-refractivity contribution in [3.05, 3.63) is 34.1 Å². The molecule has 0 amide bonds. The molecule has 3 unspecified atom stereocenters. The molecule has 3 atom stereocenters. The molecule has 2 aromatic heterocycles. The van der Waals surface area contributed by atoms with E-state index in [1.807, 2.05) is 4.90 Å². The van der Waals surface area contributed by atoms with Gasteiger partial charge in [0.2, 0.25) is 0 Å². The number of nitrogens with one attached hydrogen (secondary N) is 1. The molecule has 2 bridgehead atoms. The van der Waals surface area contributed by atoms with Crippen molar-refractivity contribution in [1.29, 1.82) is 5.26 Å². The monoisotopic (exact) mass is 591 g/mol. The number of nitrogen functional groups attached to an aromatic ring is 1. The van der Waals surface area contributed by atoms with Crippen LogP contribution in [0.3, 0.4) is 0 Å². The van der Waals surface area contributed by atoms with Gasteiger partial charge in [-0.15, -0.1) is 0 Å². The molecule has 0 saturated carbocycles. The Balaban J connectivity index is 1.53. The molecule has 1 aromatic carbocycles. The van der Waals surface area contributed by atoms with Crippen molar-refractivity contribution < 1.29 is 27.0 Å². The second kappa shape index (κ2) is 10.1. The summed E-state index contributed by atoms with van der Waals surface area (Å²) < 4.78 is 70.1. The van der Waals surface area contributed by atoms with Crippen molar-refractivity contribution >= 4 is 34.1 Å². The maximum atomic E-state index is 16.4. The maximum Gasteiger partial charge on any atom is 0.418 e. The molecule has 14 heteroatoms. The molecule has 3 aromatic rings. The standard InChI is InChI=1S/C27H26ClF4N7O2/c1-13-6-18(34)36-23(20(13)27(30,31)32)19-17(28)7-16-22(21(19)29)37-25(41-12-26(10-33)4-5-40-11-26)38-24(16)39-8-14-2-3-15(9-39)35-14/h6-7,14-15,35H,2-5,8-9,11-12H2,1H3,(H2,34,36). The Morgan fingerprint density at radius 3 is 2.61 bits per heavy atom. The summed E-state index contributed by atoms with van der Waals surface area (Å²) in [6, 6.07) is 4.85. The van der Waals surface area contributed by atoms with E-state index in [1.54, 1.807) is 0 Å². The van der Waals surface area contributed by atoms with Crippen LogP contribution < -0.4 is 20.7 Å². The predicted molar refractivity (Wildman–Crippen MR) is 143 cm³/mol. The van der Waals surface area contributed by atoms with E-state index < -0.39 is 34.2 Å². The number of nitrogens with two attached hydrogens (primary N) is 1. The Morgan fingerprint density at radius 2 is 1.98 bits per heavy atom. The number of nitriles is 1. The highest BCUT2D eigenvalue weighted by Gasteiger charge is 2.40. The topological polar surface area (TPSA) is 122 Å². The van der Waals surface area contributed by atoms with Gasteiger partial charge in [-0.05, 0) is 43.9 Å². The Labute approximate surface area is 237 Å². The number of anilines is 2. The molecule has 3 aliphatic rings. The number of nitrogens with zero attached hydrogens (tertiary/aromatic N) is 5. The van der Waals surface area contributed by atoms with Gasteiger partial charge >= 0.3 is 12.2 Å². The normalized spacial score (nSPS) is 24.2. The van der Waals surface area contributed by atoms with Gasteiger partial charge in [0.05, 0.1) is 34.5 Å². The fraction of sp³-hybridized carbons (Fsp3) is 0.481. The molecule has 0 spiro atoms. The van der Waals surface area contributed by atoms with Crippen LogP contribution in [-0.2, 0) is 10.9 Å². The number of pyridine rings is 1. The van der Waals surface area contributed by atoms with E-state index in [4.69, 9.17) is 26.8 Å². The molecule has 3 fully saturated rings. The van der Waals surface area contributed by atoms with Gasteiger partial charge in [0.25, 0.3) is 0 Å². The average Bonchev–Trinajstić information content (AvgIpc) is 3.52. The van der Waals surface area contributed by atoms with Crippen molar-refractivity contribution in [1.82, 2.24) is 20.3 Å². The van der Waals surface area contributed by atoms with Crippen molar-refractivity contribution in [3.8, 4) is 23.3 Å². The van der Waals surface area contributed by atoms with Crippen LogP contribution >= 0.6 is 11.6 Å². The smallest absolute Gasteiger partial charge is 0.418 e. The third-order valence-corrected chi connectivity index (χ3v) is 8.23. The fourth-order valence-electron chi connectivity index (χ4n) is 5.93. The number of hydrogen-bond donors (Lipinski definition) is 2. The number of rotatable bonds is 5. The van der Waals surface area contributed by atoms with Gasteiger partial charge in [-0.25, -0.2) is 9.37 Å². The Hall–Kier alpha value is -3.47. The van der Waals surface area contributed by atoms with Crippen LogP contribution in [-0.4, -0.2) is 59.9 Å². The van der Waals surface area contributed by atoms with E-state index in [2.05, 4.69) is 26.3 Å². The van der Waals surface area contributed by atoms with Crippen LogP contribution in [0.5, 0.6) is 6.01 Å². The highest BCUT2D eigenvalue weighted by atomic mass is 35.5. The summed E-state index contributed by atoms with van der Waals surface area (Å²) >= 11 is 6.52. The summed E-state index contributed by atoms with van der Waals surface area (Å²) in [5.74, 6) is -0.983. The first-order chi connectivity index (χ1) is 19.5. The quantitative estimate of drug-likeness (QED) is 0.408. The molecule has 5 heterocycles. The molecule has 41 heavy (non-hydrogen) atoms. The van der Waals surface area contributed by atoms with Crippen molar-refractivity contribution in [2.24, 2.45) is 5.41 Å². The molecule has 6 rings (SSSR count). The van der Waals surface area contributed by atoms with E-state index in [-0.39, 0.29) is 58.6 Å². The van der Waals surface area contributed by atoms with Crippen LogP contribution in [0.4, 0.5) is 29.2 Å². The number of aryl methyl sites for hydroxylation is 1. The number of hydrogen-bond acceptors (Lipinski definition) is 9. The highest BCUT2D eigenvalue weighted by molar-refractivity contribution is 6.34. The number of halogens is 5. The Bertz CT molecular complexity index is 1560. The van der Waals surface area contributed by atoms with Crippen molar-refractivity contribution in [2.45, 2.75) is 44.4 Å². The van der Waals surface area contributed by atoms with Crippen molar-refractivity contribution in [3.63, 3.8) is 0 Å². The van der Waals surface area contributed by atoms with Crippen LogP contribution in [0, 0.1) is 29.5 Å². The molecule has 3 saturated heterocycles. The van der Waals surface area contributed by atoms with Crippen LogP contribution in [0.2, 0.25) is 5.02 Å². The molecular formula is C27H26ClF4N7O2. The summed E-state index contributed by atoms with van der Waals surface area (Å²) in [5, 5.41) is 13.2. The zero-order chi connectivity index (χ0) is 29.1. The number of piperazine rings is 1. The van der Waals surface area contributed by atoms with E-state index in [9.17, 15) is 18.4 Å². The number of fused-ring (bicyclic) bond motifs is 3. The second-order valence-corrected chi connectivity index (χ2v) is 11.3. The van der Waals surface area contributed by atoms with Gasteiger partial charge in [-0.2, -0.15) is 28.4 Å². The van der Waals surface area contributed by atoms with E-state index in [0.29, 0.717) is 31.9 Å². The van der Waals surface area contributed by atoms with Crippen LogP contribution in [0.15, 0.2) is 12.1 Å². The number of alkyl halides is 3. The summed E-state index contributed by atoms with van der Waals surface area (Å²) in [7, 11) is 0. The minimum absolute atomic E-state index is 0.0997. The Kier molecular flexibility index (Phi) is 6.83. The summed E-state index contributed by atoms with van der Waals surface area (Å²) in [6.07, 6.45) is -2.47. The molecule has 3 N–H and O–H groups in total. The molecule has 3 aliphatic heterocycles. The third kappa shape index (κ3) is 4.98. The second-order valence-electron chi connectivity index (χ2n) is 10.9. The van der Waals surface area contributed by atoms with Gasteiger partial charge in [0.1, 0.15) is 29.2 Å². The van der Waals surface area contributed by atoms with E-state index >= 15 is 4.39 Å². The van der Waals surface area contributed by atoms with E-state index in [1.165, 1.54) is 13.0 Å². The lowest BCUT2D eigenvalue weighted by Gasteiger charge is -2.34. The zero-order valence-electron chi connectivity index (χ0n) is 22.0. The van der Waals surface area contributed by atoms with Gasteiger partial charge in [0.15, 0.2) is 5.82 Å². The predicted octanol–water partition coefficient (Wildman–Crippen LogP) is 4.64. The molecule has 216 valence electrons.